The highest BCUT2D eigenvalue weighted by Crippen LogP contribution is 2.10. The van der Waals surface area contributed by atoms with E-state index in [4.69, 9.17) is 9.29 Å². The molecule has 0 bridgehead atoms. The van der Waals surface area contributed by atoms with Crippen LogP contribution < -0.4 is 0 Å². The summed E-state index contributed by atoms with van der Waals surface area (Å²) in [6, 6.07) is 0. The Bertz CT molecular complexity index is 344. The summed E-state index contributed by atoms with van der Waals surface area (Å²) in [4.78, 5) is 11.1. The van der Waals surface area contributed by atoms with E-state index in [9.17, 15) is 13.2 Å². The standard InChI is InChI=1S/C9H16O5S/c1-6(2)9(10)14-7(3)5-8(4)15(11,12)13/h7-8H,1,5H2,2-4H3,(H,11,12,13). The van der Waals surface area contributed by atoms with E-state index in [1.165, 1.54) is 13.8 Å². The molecule has 5 nitrogen and oxygen atoms in total. The summed E-state index contributed by atoms with van der Waals surface area (Å²) in [6.45, 7) is 7.80. The molecular formula is C9H16O5S. The molecule has 0 saturated carbocycles. The lowest BCUT2D eigenvalue weighted by atomic mass is 10.2. The van der Waals surface area contributed by atoms with Gasteiger partial charge in [0.05, 0.1) is 5.25 Å². The largest absolute Gasteiger partial charge is 0.459 e. The first-order valence-corrected chi connectivity index (χ1v) is 5.97. The van der Waals surface area contributed by atoms with Crippen molar-refractivity contribution in [1.82, 2.24) is 0 Å². The zero-order valence-electron chi connectivity index (χ0n) is 9.06. The Balaban J connectivity index is 4.22. The Labute approximate surface area is 89.9 Å². The molecule has 0 aromatic carbocycles. The lowest BCUT2D eigenvalue weighted by Gasteiger charge is -2.15. The minimum atomic E-state index is -4.07. The second-order valence-corrected chi connectivity index (χ2v) is 5.39. The van der Waals surface area contributed by atoms with Crippen LogP contribution in [0.4, 0.5) is 0 Å². The number of esters is 1. The topological polar surface area (TPSA) is 80.7 Å². The lowest BCUT2D eigenvalue weighted by Crippen LogP contribution is -2.25. The highest BCUT2D eigenvalue weighted by atomic mass is 32.2. The number of rotatable bonds is 5. The van der Waals surface area contributed by atoms with Crippen molar-refractivity contribution in [3.63, 3.8) is 0 Å². The van der Waals surface area contributed by atoms with Crippen LogP contribution >= 0.6 is 0 Å². The second-order valence-electron chi connectivity index (χ2n) is 3.56. The van der Waals surface area contributed by atoms with Crippen molar-refractivity contribution in [3.8, 4) is 0 Å². The molecule has 0 aromatic heterocycles. The summed E-state index contributed by atoms with van der Waals surface area (Å²) in [5, 5.41) is -0.953. The van der Waals surface area contributed by atoms with Crippen LogP contribution in [0.3, 0.4) is 0 Å². The van der Waals surface area contributed by atoms with E-state index in [0.717, 1.165) is 0 Å². The van der Waals surface area contributed by atoms with Crippen molar-refractivity contribution < 1.29 is 22.5 Å². The van der Waals surface area contributed by atoms with E-state index in [-0.39, 0.29) is 12.0 Å². The predicted octanol–water partition coefficient (Wildman–Crippen LogP) is 1.16. The molecular weight excluding hydrogens is 220 g/mol. The fourth-order valence-corrected chi connectivity index (χ4v) is 1.43. The predicted molar refractivity (Wildman–Crippen MR) is 56.0 cm³/mol. The van der Waals surface area contributed by atoms with Crippen LogP contribution in [0.15, 0.2) is 12.2 Å². The van der Waals surface area contributed by atoms with Crippen LogP contribution in [-0.4, -0.2) is 30.3 Å². The molecule has 0 aliphatic rings. The zero-order valence-corrected chi connectivity index (χ0v) is 9.87. The molecule has 0 amide bonds. The van der Waals surface area contributed by atoms with Gasteiger partial charge in [0.25, 0.3) is 10.1 Å². The highest BCUT2D eigenvalue weighted by molar-refractivity contribution is 7.86. The maximum atomic E-state index is 11.1. The molecule has 0 saturated heterocycles. The van der Waals surface area contributed by atoms with Crippen LogP contribution in [0, 0.1) is 0 Å². The molecule has 1 N–H and O–H groups in total. The van der Waals surface area contributed by atoms with Gasteiger partial charge in [-0.05, 0) is 20.8 Å². The second kappa shape index (κ2) is 5.27. The van der Waals surface area contributed by atoms with Gasteiger partial charge in [0.15, 0.2) is 0 Å². The molecule has 2 atom stereocenters. The van der Waals surface area contributed by atoms with Gasteiger partial charge < -0.3 is 4.74 Å². The Hall–Kier alpha value is -0.880. The molecule has 88 valence electrons. The Morgan fingerprint density at radius 2 is 1.93 bits per heavy atom. The summed E-state index contributed by atoms with van der Waals surface area (Å²) < 4.78 is 34.9. The summed E-state index contributed by atoms with van der Waals surface area (Å²) in [6.07, 6.45) is -0.524. The molecule has 0 heterocycles. The van der Waals surface area contributed by atoms with Gasteiger partial charge in [-0.2, -0.15) is 8.42 Å². The average molecular weight is 236 g/mol. The van der Waals surface area contributed by atoms with Gasteiger partial charge in [-0.15, -0.1) is 0 Å². The summed E-state index contributed by atoms with van der Waals surface area (Å²) >= 11 is 0. The van der Waals surface area contributed by atoms with Crippen molar-refractivity contribution in [2.24, 2.45) is 0 Å². The van der Waals surface area contributed by atoms with E-state index in [1.807, 2.05) is 0 Å². The van der Waals surface area contributed by atoms with Crippen LogP contribution in [0.1, 0.15) is 27.2 Å². The molecule has 0 aromatic rings. The van der Waals surface area contributed by atoms with E-state index in [1.54, 1.807) is 6.92 Å². The van der Waals surface area contributed by atoms with E-state index >= 15 is 0 Å². The van der Waals surface area contributed by atoms with Crippen molar-refractivity contribution >= 4 is 16.1 Å². The molecule has 0 aliphatic heterocycles. The molecule has 0 aliphatic carbocycles. The first-order chi connectivity index (χ1) is 6.64. The minimum Gasteiger partial charge on any atom is -0.459 e. The van der Waals surface area contributed by atoms with Crippen LogP contribution in [-0.2, 0) is 19.6 Å². The van der Waals surface area contributed by atoms with Crippen molar-refractivity contribution in [3.05, 3.63) is 12.2 Å². The van der Waals surface area contributed by atoms with Crippen molar-refractivity contribution in [2.45, 2.75) is 38.5 Å². The first-order valence-electron chi connectivity index (χ1n) is 4.47. The van der Waals surface area contributed by atoms with Crippen LogP contribution in [0.25, 0.3) is 0 Å². The third-order valence-corrected chi connectivity index (χ3v) is 3.04. The van der Waals surface area contributed by atoms with E-state index in [0.29, 0.717) is 0 Å². The monoisotopic (exact) mass is 236 g/mol. The fraction of sp³-hybridized carbons (Fsp3) is 0.667. The number of carbonyl (C=O) groups is 1. The molecule has 6 heteroatoms. The number of ether oxygens (including phenoxy) is 1. The Morgan fingerprint density at radius 1 is 1.47 bits per heavy atom. The third-order valence-electron chi connectivity index (χ3n) is 1.83. The van der Waals surface area contributed by atoms with Gasteiger partial charge in [0.1, 0.15) is 6.10 Å². The van der Waals surface area contributed by atoms with Crippen molar-refractivity contribution in [2.75, 3.05) is 0 Å². The van der Waals surface area contributed by atoms with Gasteiger partial charge in [-0.1, -0.05) is 6.58 Å². The molecule has 2 unspecified atom stereocenters. The van der Waals surface area contributed by atoms with Crippen molar-refractivity contribution in [1.29, 1.82) is 0 Å². The summed E-state index contributed by atoms with van der Waals surface area (Å²) in [5.74, 6) is -0.565. The SMILES string of the molecule is C=C(C)C(=O)OC(C)CC(C)S(=O)(=O)O. The van der Waals surface area contributed by atoms with Gasteiger partial charge in [0.2, 0.25) is 0 Å². The van der Waals surface area contributed by atoms with Crippen LogP contribution in [0.5, 0.6) is 0 Å². The maximum absolute atomic E-state index is 11.1. The van der Waals surface area contributed by atoms with Gasteiger partial charge >= 0.3 is 5.97 Å². The molecule has 0 fully saturated rings. The zero-order chi connectivity index (χ0) is 12.2. The lowest BCUT2D eigenvalue weighted by molar-refractivity contribution is -0.143. The number of carbonyl (C=O) groups excluding carboxylic acids is 1. The molecule has 15 heavy (non-hydrogen) atoms. The minimum absolute atomic E-state index is 0.0534. The molecule has 0 rings (SSSR count). The first kappa shape index (κ1) is 14.1. The molecule has 0 spiro atoms. The van der Waals surface area contributed by atoms with Crippen LogP contribution in [0.2, 0.25) is 0 Å². The van der Waals surface area contributed by atoms with Gasteiger partial charge in [-0.25, -0.2) is 4.79 Å². The Morgan fingerprint density at radius 3 is 2.27 bits per heavy atom. The number of hydrogen-bond donors (Lipinski definition) is 1. The van der Waals surface area contributed by atoms with Gasteiger partial charge in [0, 0.05) is 12.0 Å². The summed E-state index contributed by atoms with van der Waals surface area (Å²) in [5.41, 5.74) is 0.251. The molecule has 0 radical (unpaired) electrons. The Kier molecular flexibility index (Phi) is 4.96. The normalized spacial score (nSPS) is 15.5. The number of hydrogen-bond acceptors (Lipinski definition) is 4. The highest BCUT2D eigenvalue weighted by Gasteiger charge is 2.22. The smallest absolute Gasteiger partial charge is 0.333 e. The maximum Gasteiger partial charge on any atom is 0.333 e. The van der Waals surface area contributed by atoms with E-state index < -0.39 is 27.4 Å². The average Bonchev–Trinajstić information content (AvgIpc) is 2.01. The quantitative estimate of drug-likeness (QED) is 0.440. The summed E-state index contributed by atoms with van der Waals surface area (Å²) in [7, 11) is -4.07. The van der Waals surface area contributed by atoms with E-state index in [2.05, 4.69) is 6.58 Å². The third kappa shape index (κ3) is 5.54. The fourth-order valence-electron chi connectivity index (χ4n) is 0.920. The van der Waals surface area contributed by atoms with Gasteiger partial charge in [-0.3, -0.25) is 4.55 Å².